The van der Waals surface area contributed by atoms with E-state index in [1.54, 1.807) is 0 Å². The molecule has 0 bridgehead atoms. The highest BCUT2D eigenvalue weighted by atomic mass is 19.4. The van der Waals surface area contributed by atoms with E-state index in [2.05, 4.69) is 5.10 Å². The Morgan fingerprint density at radius 3 is 2.56 bits per heavy atom. The van der Waals surface area contributed by atoms with Crippen LogP contribution in [0.3, 0.4) is 0 Å². The maximum absolute atomic E-state index is 12.4. The summed E-state index contributed by atoms with van der Waals surface area (Å²) in [5.41, 5.74) is -2.95. The van der Waals surface area contributed by atoms with Crippen molar-refractivity contribution in [1.82, 2.24) is 9.78 Å². The minimum Gasteiger partial charge on any atom is -0.480 e. The van der Waals surface area contributed by atoms with Crippen LogP contribution >= 0.6 is 0 Å². The van der Waals surface area contributed by atoms with E-state index in [-0.39, 0.29) is 10.4 Å². The Hall–Kier alpha value is -1.86. The second-order valence-electron chi connectivity index (χ2n) is 3.05. The number of aromatic nitrogens is 2. The van der Waals surface area contributed by atoms with Gasteiger partial charge in [0.25, 0.3) is 5.56 Å². The van der Waals surface area contributed by atoms with E-state index < -0.39 is 29.8 Å². The molecule has 0 saturated carbocycles. The summed E-state index contributed by atoms with van der Waals surface area (Å²) in [5.74, 6) is -1.44. The van der Waals surface area contributed by atoms with E-state index in [0.717, 1.165) is 0 Å². The molecular weight excluding hydrogens is 229 g/mol. The Kier molecular flexibility index (Phi) is 3.02. The number of aliphatic carboxylic acids is 1. The molecule has 0 aromatic carbocycles. The highest BCUT2D eigenvalue weighted by Crippen LogP contribution is 2.26. The number of alkyl halides is 3. The van der Waals surface area contributed by atoms with Crippen LogP contribution in [0.4, 0.5) is 13.2 Å². The first kappa shape index (κ1) is 12.2. The van der Waals surface area contributed by atoms with Crippen molar-refractivity contribution in [1.29, 1.82) is 0 Å². The number of hydrogen-bond donors (Lipinski definition) is 1. The van der Waals surface area contributed by atoms with E-state index in [1.165, 1.54) is 6.92 Å². The van der Waals surface area contributed by atoms with Crippen molar-refractivity contribution in [3.05, 3.63) is 27.7 Å². The Morgan fingerprint density at radius 2 is 2.12 bits per heavy atom. The first-order valence-corrected chi connectivity index (χ1v) is 4.09. The number of carbonyl (C=O) groups is 1. The molecule has 0 spiro atoms. The molecule has 0 aliphatic rings. The number of carboxylic acids is 1. The second kappa shape index (κ2) is 3.95. The predicted molar refractivity (Wildman–Crippen MR) is 45.9 cm³/mol. The lowest BCUT2D eigenvalue weighted by molar-refractivity contribution is -0.141. The third kappa shape index (κ3) is 2.59. The van der Waals surface area contributed by atoms with Crippen LogP contribution in [0, 0.1) is 6.92 Å². The molecule has 8 heteroatoms. The van der Waals surface area contributed by atoms with Gasteiger partial charge in [-0.2, -0.15) is 18.3 Å². The van der Waals surface area contributed by atoms with Crippen molar-refractivity contribution in [3.63, 3.8) is 0 Å². The van der Waals surface area contributed by atoms with E-state index in [0.29, 0.717) is 6.07 Å². The summed E-state index contributed by atoms with van der Waals surface area (Å²) in [6.45, 7) is 0.344. The van der Waals surface area contributed by atoms with Gasteiger partial charge in [0, 0.05) is 0 Å². The monoisotopic (exact) mass is 236 g/mol. The topological polar surface area (TPSA) is 72.2 Å². The minimum atomic E-state index is -4.81. The van der Waals surface area contributed by atoms with Gasteiger partial charge in [-0.1, -0.05) is 0 Å². The number of hydrogen-bond acceptors (Lipinski definition) is 3. The van der Waals surface area contributed by atoms with Crippen LogP contribution in [-0.2, 0) is 17.5 Å². The molecule has 0 aliphatic carbocycles. The predicted octanol–water partition coefficient (Wildman–Crippen LogP) is 0.655. The van der Waals surface area contributed by atoms with Gasteiger partial charge in [0.05, 0.1) is 5.69 Å². The van der Waals surface area contributed by atoms with Gasteiger partial charge >= 0.3 is 12.1 Å². The molecule has 1 aromatic heterocycles. The Balaban J connectivity index is 3.38. The summed E-state index contributed by atoms with van der Waals surface area (Å²) in [7, 11) is 0. The Bertz CT molecular complexity index is 478. The average molecular weight is 236 g/mol. The van der Waals surface area contributed by atoms with Crippen LogP contribution < -0.4 is 5.56 Å². The maximum Gasteiger partial charge on any atom is 0.421 e. The van der Waals surface area contributed by atoms with Crippen LogP contribution in [0.2, 0.25) is 0 Å². The molecule has 5 nitrogen and oxygen atoms in total. The van der Waals surface area contributed by atoms with Gasteiger partial charge < -0.3 is 5.11 Å². The molecule has 1 rings (SSSR count). The van der Waals surface area contributed by atoms with Gasteiger partial charge in [0.2, 0.25) is 0 Å². The molecule has 1 N–H and O–H groups in total. The highest BCUT2D eigenvalue weighted by molar-refractivity contribution is 5.66. The summed E-state index contributed by atoms with van der Waals surface area (Å²) >= 11 is 0. The Morgan fingerprint density at radius 1 is 1.56 bits per heavy atom. The van der Waals surface area contributed by atoms with Crippen molar-refractivity contribution in [2.45, 2.75) is 19.6 Å². The third-order valence-corrected chi connectivity index (χ3v) is 1.69. The molecule has 0 radical (unpaired) electrons. The molecule has 1 aromatic rings. The molecule has 0 atom stereocenters. The molecule has 0 saturated heterocycles. The smallest absolute Gasteiger partial charge is 0.421 e. The first-order chi connectivity index (χ1) is 7.21. The van der Waals surface area contributed by atoms with Crippen LogP contribution in [0.25, 0.3) is 0 Å². The average Bonchev–Trinajstić information content (AvgIpc) is 2.07. The van der Waals surface area contributed by atoms with Gasteiger partial charge in [-0.25, -0.2) is 4.68 Å². The molecule has 88 valence electrons. The van der Waals surface area contributed by atoms with Gasteiger partial charge in [0.15, 0.2) is 0 Å². The van der Waals surface area contributed by atoms with Crippen molar-refractivity contribution < 1.29 is 23.1 Å². The summed E-state index contributed by atoms with van der Waals surface area (Å²) in [5, 5.41) is 11.8. The summed E-state index contributed by atoms with van der Waals surface area (Å²) < 4.78 is 37.4. The standard InChI is InChI=1S/C8H7F3N2O3/c1-4-2-5(8(9,10)11)7(16)13(12-4)3-6(14)15/h2H,3H2,1H3,(H,14,15). The van der Waals surface area contributed by atoms with E-state index >= 15 is 0 Å². The fourth-order valence-electron chi connectivity index (χ4n) is 1.11. The third-order valence-electron chi connectivity index (χ3n) is 1.69. The summed E-state index contributed by atoms with van der Waals surface area (Å²) in [6, 6.07) is 0.584. The number of rotatable bonds is 2. The fraction of sp³-hybridized carbons (Fsp3) is 0.375. The largest absolute Gasteiger partial charge is 0.480 e. The number of carboxylic acid groups (broad SMARTS) is 1. The molecule has 0 amide bonds. The number of nitrogens with zero attached hydrogens (tertiary/aromatic N) is 2. The van der Waals surface area contributed by atoms with Gasteiger partial charge in [-0.3, -0.25) is 9.59 Å². The summed E-state index contributed by atoms with van der Waals surface area (Å²) in [6.07, 6.45) is -4.81. The van der Waals surface area contributed by atoms with Crippen molar-refractivity contribution in [2.24, 2.45) is 0 Å². The van der Waals surface area contributed by atoms with Crippen LogP contribution in [-0.4, -0.2) is 20.9 Å². The molecule has 0 aliphatic heterocycles. The van der Waals surface area contributed by atoms with E-state index in [9.17, 15) is 22.8 Å². The van der Waals surface area contributed by atoms with Crippen molar-refractivity contribution in [3.8, 4) is 0 Å². The molecule has 0 unspecified atom stereocenters. The van der Waals surface area contributed by atoms with E-state index in [4.69, 9.17) is 5.11 Å². The van der Waals surface area contributed by atoms with Gasteiger partial charge in [-0.05, 0) is 13.0 Å². The maximum atomic E-state index is 12.4. The lowest BCUT2D eigenvalue weighted by Gasteiger charge is -2.09. The number of aryl methyl sites for hydroxylation is 1. The lowest BCUT2D eigenvalue weighted by atomic mass is 10.2. The molecule has 16 heavy (non-hydrogen) atoms. The van der Waals surface area contributed by atoms with Gasteiger partial charge in [-0.15, -0.1) is 0 Å². The fourth-order valence-corrected chi connectivity index (χ4v) is 1.11. The molecule has 1 heterocycles. The van der Waals surface area contributed by atoms with Gasteiger partial charge in [0.1, 0.15) is 12.1 Å². The number of halogens is 3. The zero-order chi connectivity index (χ0) is 12.5. The quantitative estimate of drug-likeness (QED) is 0.818. The van der Waals surface area contributed by atoms with Crippen LogP contribution in [0.1, 0.15) is 11.3 Å². The zero-order valence-electron chi connectivity index (χ0n) is 8.08. The van der Waals surface area contributed by atoms with Crippen LogP contribution in [0.5, 0.6) is 0 Å². The minimum absolute atomic E-state index is 0.0758. The van der Waals surface area contributed by atoms with Crippen molar-refractivity contribution >= 4 is 5.97 Å². The Labute approximate surface area is 87.1 Å². The highest BCUT2D eigenvalue weighted by Gasteiger charge is 2.35. The summed E-state index contributed by atoms with van der Waals surface area (Å²) in [4.78, 5) is 21.5. The lowest BCUT2D eigenvalue weighted by Crippen LogP contribution is -2.33. The van der Waals surface area contributed by atoms with E-state index in [1.807, 2.05) is 0 Å². The SMILES string of the molecule is Cc1cc(C(F)(F)F)c(=O)n(CC(=O)O)n1. The normalized spacial score (nSPS) is 11.5. The van der Waals surface area contributed by atoms with Crippen molar-refractivity contribution in [2.75, 3.05) is 0 Å². The zero-order valence-corrected chi connectivity index (χ0v) is 8.08. The first-order valence-electron chi connectivity index (χ1n) is 4.09. The second-order valence-corrected chi connectivity index (χ2v) is 3.05. The molecule has 0 fully saturated rings. The van der Waals surface area contributed by atoms with Crippen LogP contribution in [0.15, 0.2) is 10.9 Å². The molecular formula is C8H7F3N2O3.